The molecule has 0 spiro atoms. The zero-order valence-corrected chi connectivity index (χ0v) is 14.6. The zero-order valence-electron chi connectivity index (χ0n) is 13.8. The highest BCUT2D eigenvalue weighted by Crippen LogP contribution is 2.20. The average Bonchev–Trinajstić information content (AvgIpc) is 2.60. The van der Waals surface area contributed by atoms with E-state index in [0.717, 1.165) is 29.3 Å². The van der Waals surface area contributed by atoms with Gasteiger partial charge < -0.3 is 4.74 Å². The lowest BCUT2D eigenvalue weighted by atomic mass is 10.0. The lowest BCUT2D eigenvalue weighted by molar-refractivity contribution is 0.118. The van der Waals surface area contributed by atoms with E-state index in [2.05, 4.69) is 9.71 Å². The smallest absolute Gasteiger partial charge is 0.279 e. The zero-order chi connectivity index (χ0) is 17.0. The summed E-state index contributed by atoms with van der Waals surface area (Å²) >= 11 is 0. The van der Waals surface area contributed by atoms with E-state index < -0.39 is 10.2 Å². The number of benzene rings is 1. The van der Waals surface area contributed by atoms with Crippen molar-refractivity contribution in [2.75, 3.05) is 26.8 Å². The third kappa shape index (κ3) is 3.92. The molecule has 0 aliphatic carbocycles. The molecule has 6 nitrogen and oxygen atoms in total. The van der Waals surface area contributed by atoms with Gasteiger partial charge in [0.05, 0.1) is 12.1 Å². The highest BCUT2D eigenvalue weighted by atomic mass is 32.2. The van der Waals surface area contributed by atoms with Crippen LogP contribution in [-0.4, -0.2) is 44.5 Å². The van der Waals surface area contributed by atoms with Gasteiger partial charge in [-0.1, -0.05) is 18.2 Å². The summed E-state index contributed by atoms with van der Waals surface area (Å²) in [7, 11) is -1.84. The molecule has 7 heteroatoms. The van der Waals surface area contributed by atoms with E-state index in [4.69, 9.17) is 4.74 Å². The minimum Gasteiger partial charge on any atom is -0.384 e. The number of fused-ring (bicyclic) bond motifs is 1. The van der Waals surface area contributed by atoms with Gasteiger partial charge in [0, 0.05) is 38.3 Å². The predicted molar refractivity (Wildman–Crippen MR) is 93.7 cm³/mol. The average molecular weight is 349 g/mol. The van der Waals surface area contributed by atoms with E-state index in [1.807, 2.05) is 30.3 Å². The van der Waals surface area contributed by atoms with Gasteiger partial charge >= 0.3 is 0 Å². The maximum absolute atomic E-state index is 12.6. The molecule has 130 valence electrons. The fraction of sp³-hybridized carbons (Fsp3) is 0.471. The lowest BCUT2D eigenvalue weighted by Gasteiger charge is -2.31. The van der Waals surface area contributed by atoms with Gasteiger partial charge in [-0.05, 0) is 36.5 Å². The molecule has 1 unspecified atom stereocenters. The van der Waals surface area contributed by atoms with Gasteiger partial charge in [-0.2, -0.15) is 17.4 Å². The standard InChI is InChI=1S/C17H23N3O3S/c1-23-13-14-5-4-10-20(12-14)24(21,22)19-11-15-8-9-18-17-7-3-2-6-16(15)17/h2-3,6-9,14,19H,4-5,10-13H2,1H3. The van der Waals surface area contributed by atoms with Crippen molar-refractivity contribution in [1.82, 2.24) is 14.0 Å². The van der Waals surface area contributed by atoms with E-state index in [9.17, 15) is 8.42 Å². The first-order valence-corrected chi connectivity index (χ1v) is 9.60. The van der Waals surface area contributed by atoms with Crippen LogP contribution in [0.5, 0.6) is 0 Å². The van der Waals surface area contributed by atoms with Crippen LogP contribution in [0.4, 0.5) is 0 Å². The third-order valence-corrected chi connectivity index (χ3v) is 5.93. The largest absolute Gasteiger partial charge is 0.384 e. The summed E-state index contributed by atoms with van der Waals surface area (Å²) in [4.78, 5) is 4.31. The van der Waals surface area contributed by atoms with Crippen LogP contribution >= 0.6 is 0 Å². The van der Waals surface area contributed by atoms with Crippen molar-refractivity contribution in [2.24, 2.45) is 5.92 Å². The molecule has 0 radical (unpaired) electrons. The third-order valence-electron chi connectivity index (χ3n) is 4.41. The minimum absolute atomic E-state index is 0.261. The number of nitrogens with one attached hydrogen (secondary N) is 1. The van der Waals surface area contributed by atoms with Crippen molar-refractivity contribution in [2.45, 2.75) is 19.4 Å². The van der Waals surface area contributed by atoms with Gasteiger partial charge in [-0.15, -0.1) is 0 Å². The molecule has 1 aliphatic rings. The Bertz CT molecular complexity index is 787. The van der Waals surface area contributed by atoms with Crippen molar-refractivity contribution in [1.29, 1.82) is 0 Å². The van der Waals surface area contributed by atoms with Gasteiger partial charge in [0.25, 0.3) is 10.2 Å². The summed E-state index contributed by atoms with van der Waals surface area (Å²) in [6.45, 7) is 1.94. The summed E-state index contributed by atoms with van der Waals surface area (Å²) in [6, 6.07) is 9.60. The number of ether oxygens (including phenoxy) is 1. The Morgan fingerprint density at radius 3 is 3.00 bits per heavy atom. The van der Waals surface area contributed by atoms with E-state index in [1.165, 1.54) is 4.31 Å². The molecule has 1 saturated heterocycles. The first-order valence-electron chi connectivity index (χ1n) is 8.16. The number of aromatic nitrogens is 1. The van der Waals surface area contributed by atoms with Crippen LogP contribution in [0.25, 0.3) is 10.9 Å². The van der Waals surface area contributed by atoms with E-state index in [0.29, 0.717) is 19.7 Å². The van der Waals surface area contributed by atoms with Crippen molar-refractivity contribution in [3.8, 4) is 0 Å². The summed E-state index contributed by atoms with van der Waals surface area (Å²) in [6.07, 6.45) is 3.59. The molecule has 0 amide bonds. The predicted octanol–water partition coefficient (Wildman–Crippen LogP) is 1.93. The molecule has 1 aliphatic heterocycles. The molecule has 1 aromatic heterocycles. The number of hydrogen-bond donors (Lipinski definition) is 1. The fourth-order valence-electron chi connectivity index (χ4n) is 3.19. The second kappa shape index (κ2) is 7.57. The Labute approximate surface area is 143 Å². The Kier molecular flexibility index (Phi) is 5.45. The molecule has 2 heterocycles. The van der Waals surface area contributed by atoms with Gasteiger partial charge in [-0.3, -0.25) is 4.98 Å². The molecule has 0 bridgehead atoms. The highest BCUT2D eigenvalue weighted by Gasteiger charge is 2.28. The van der Waals surface area contributed by atoms with E-state index in [1.54, 1.807) is 13.3 Å². The van der Waals surface area contributed by atoms with Gasteiger partial charge in [0.1, 0.15) is 0 Å². The lowest BCUT2D eigenvalue weighted by Crippen LogP contribution is -2.46. The molecule has 1 fully saturated rings. The Morgan fingerprint density at radius 1 is 1.33 bits per heavy atom. The fourth-order valence-corrected chi connectivity index (χ4v) is 4.48. The van der Waals surface area contributed by atoms with Crippen molar-refractivity contribution >= 4 is 21.1 Å². The Hall–Kier alpha value is -1.54. The topological polar surface area (TPSA) is 71.5 Å². The monoisotopic (exact) mass is 349 g/mol. The summed E-state index contributed by atoms with van der Waals surface area (Å²) < 4.78 is 34.6. The highest BCUT2D eigenvalue weighted by molar-refractivity contribution is 7.87. The van der Waals surface area contributed by atoms with Gasteiger partial charge in [-0.25, -0.2) is 0 Å². The quantitative estimate of drug-likeness (QED) is 0.865. The van der Waals surface area contributed by atoms with Gasteiger partial charge in [0.2, 0.25) is 0 Å². The van der Waals surface area contributed by atoms with Crippen molar-refractivity contribution in [3.05, 3.63) is 42.1 Å². The SMILES string of the molecule is COCC1CCCN(S(=O)(=O)NCc2ccnc3ccccc23)C1. The van der Waals surface area contributed by atoms with Crippen LogP contribution in [0, 0.1) is 5.92 Å². The Morgan fingerprint density at radius 2 is 2.17 bits per heavy atom. The van der Waals surface area contributed by atoms with Crippen LogP contribution in [0.3, 0.4) is 0 Å². The summed E-state index contributed by atoms with van der Waals surface area (Å²) in [5.41, 5.74) is 1.79. The molecule has 3 rings (SSSR count). The van der Waals surface area contributed by atoms with Crippen molar-refractivity contribution < 1.29 is 13.2 Å². The van der Waals surface area contributed by atoms with Gasteiger partial charge in [0.15, 0.2) is 0 Å². The number of nitrogens with zero attached hydrogens (tertiary/aromatic N) is 2. The van der Waals surface area contributed by atoms with E-state index in [-0.39, 0.29) is 12.5 Å². The number of para-hydroxylation sites is 1. The second-order valence-electron chi connectivity index (χ2n) is 6.13. The van der Waals surface area contributed by atoms with E-state index >= 15 is 0 Å². The maximum atomic E-state index is 12.6. The van der Waals surface area contributed by atoms with Crippen LogP contribution < -0.4 is 4.72 Å². The molecule has 1 aromatic carbocycles. The van der Waals surface area contributed by atoms with Crippen LogP contribution in [0.1, 0.15) is 18.4 Å². The molecule has 0 saturated carbocycles. The van der Waals surface area contributed by atoms with Crippen LogP contribution in [0.2, 0.25) is 0 Å². The van der Waals surface area contributed by atoms with Crippen LogP contribution in [-0.2, 0) is 21.5 Å². The number of rotatable bonds is 6. The molecular formula is C17H23N3O3S. The number of piperidine rings is 1. The Balaban J connectivity index is 1.70. The molecule has 1 atom stereocenters. The molecule has 24 heavy (non-hydrogen) atoms. The normalized spacial score (nSPS) is 19.6. The first-order chi connectivity index (χ1) is 11.6. The molecular weight excluding hydrogens is 326 g/mol. The van der Waals surface area contributed by atoms with Crippen molar-refractivity contribution in [3.63, 3.8) is 0 Å². The number of pyridine rings is 1. The van der Waals surface area contributed by atoms with Crippen LogP contribution in [0.15, 0.2) is 36.5 Å². The molecule has 2 aromatic rings. The first kappa shape index (κ1) is 17.3. The summed E-state index contributed by atoms with van der Waals surface area (Å²) in [5.74, 6) is 0.266. The summed E-state index contributed by atoms with van der Waals surface area (Å²) in [5, 5.41) is 0.971. The number of hydrogen-bond acceptors (Lipinski definition) is 4. The minimum atomic E-state index is -3.49. The number of methoxy groups -OCH3 is 1. The molecule has 1 N–H and O–H groups in total. The maximum Gasteiger partial charge on any atom is 0.279 e. The second-order valence-corrected chi connectivity index (χ2v) is 7.89.